The highest BCUT2D eigenvalue weighted by atomic mass is 16.5. The summed E-state index contributed by atoms with van der Waals surface area (Å²) in [4.78, 5) is 25.1. The summed E-state index contributed by atoms with van der Waals surface area (Å²) in [5.41, 5.74) is 1.13. The summed E-state index contributed by atoms with van der Waals surface area (Å²) < 4.78 is 9.61. The summed E-state index contributed by atoms with van der Waals surface area (Å²) in [6, 6.07) is 9.87. The first kappa shape index (κ1) is 17.2. The van der Waals surface area contributed by atoms with Crippen molar-refractivity contribution >= 4 is 11.9 Å². The van der Waals surface area contributed by atoms with Crippen molar-refractivity contribution in [3.63, 3.8) is 0 Å². The van der Waals surface area contributed by atoms with Crippen LogP contribution in [0.5, 0.6) is 0 Å². The third-order valence-corrected chi connectivity index (χ3v) is 3.20. The average Bonchev–Trinajstić information content (AvgIpc) is 2.53. The molecule has 0 radical (unpaired) electrons. The van der Waals surface area contributed by atoms with Gasteiger partial charge in [0.2, 0.25) is 5.91 Å². The number of hydrogen-bond acceptors (Lipinski definition) is 4. The van der Waals surface area contributed by atoms with Gasteiger partial charge in [0.25, 0.3) is 0 Å². The minimum atomic E-state index is -0.312. The molecule has 0 atom stereocenters. The van der Waals surface area contributed by atoms with Gasteiger partial charge in [0, 0.05) is 26.6 Å². The van der Waals surface area contributed by atoms with Crippen LogP contribution in [-0.2, 0) is 25.5 Å². The number of carbonyl (C=O) groups is 2. The smallest absolute Gasteiger partial charge is 0.307 e. The van der Waals surface area contributed by atoms with Crippen LogP contribution in [0.25, 0.3) is 0 Å². The molecule has 1 aromatic carbocycles. The Morgan fingerprint density at radius 3 is 2.38 bits per heavy atom. The van der Waals surface area contributed by atoms with Gasteiger partial charge < -0.3 is 14.4 Å². The van der Waals surface area contributed by atoms with Crippen molar-refractivity contribution in [3.8, 4) is 0 Å². The molecule has 0 spiro atoms. The number of amides is 1. The Labute approximate surface area is 125 Å². The maximum Gasteiger partial charge on any atom is 0.307 e. The number of rotatable bonds is 9. The molecule has 0 aliphatic heterocycles. The maximum atomic E-state index is 12.2. The van der Waals surface area contributed by atoms with E-state index in [0.717, 1.165) is 5.56 Å². The maximum absolute atomic E-state index is 12.2. The van der Waals surface area contributed by atoms with Gasteiger partial charge in [0.15, 0.2) is 0 Å². The highest BCUT2D eigenvalue weighted by molar-refractivity contribution is 5.77. The van der Waals surface area contributed by atoms with Crippen LogP contribution in [0, 0.1) is 0 Å². The van der Waals surface area contributed by atoms with Crippen molar-refractivity contribution in [1.29, 1.82) is 0 Å². The lowest BCUT2D eigenvalue weighted by molar-refractivity contribution is -0.141. The Morgan fingerprint density at radius 1 is 1.05 bits per heavy atom. The topological polar surface area (TPSA) is 55.8 Å². The first-order valence-electron chi connectivity index (χ1n) is 7.04. The quantitative estimate of drug-likeness (QED) is 0.650. The summed E-state index contributed by atoms with van der Waals surface area (Å²) in [5, 5.41) is 0. The Morgan fingerprint density at radius 2 is 1.76 bits per heavy atom. The molecule has 0 aliphatic carbocycles. The fourth-order valence-electron chi connectivity index (χ4n) is 1.95. The van der Waals surface area contributed by atoms with Gasteiger partial charge in [-0.2, -0.15) is 0 Å². The molecule has 5 heteroatoms. The van der Waals surface area contributed by atoms with Crippen molar-refractivity contribution in [2.24, 2.45) is 0 Å². The molecule has 0 saturated heterocycles. The van der Waals surface area contributed by atoms with Crippen LogP contribution >= 0.6 is 0 Å². The van der Waals surface area contributed by atoms with Crippen molar-refractivity contribution in [2.75, 3.05) is 33.9 Å². The van der Waals surface area contributed by atoms with Crippen LogP contribution in [0.3, 0.4) is 0 Å². The molecular weight excluding hydrogens is 270 g/mol. The Balaban J connectivity index is 2.47. The number of aryl methyl sites for hydroxylation is 1. The molecule has 0 N–H and O–H groups in total. The molecule has 1 amide bonds. The summed E-state index contributed by atoms with van der Waals surface area (Å²) >= 11 is 0. The summed E-state index contributed by atoms with van der Waals surface area (Å²) in [6.07, 6.45) is 1.33. The van der Waals surface area contributed by atoms with Gasteiger partial charge in [-0.15, -0.1) is 0 Å². The average molecular weight is 293 g/mol. The van der Waals surface area contributed by atoms with Crippen LogP contribution in [0.15, 0.2) is 30.3 Å². The van der Waals surface area contributed by atoms with Gasteiger partial charge in [0.05, 0.1) is 20.1 Å². The lowest BCUT2D eigenvalue weighted by atomic mass is 10.1. The minimum absolute atomic E-state index is 0.0276. The second-order valence-corrected chi connectivity index (χ2v) is 4.69. The van der Waals surface area contributed by atoms with Crippen LogP contribution < -0.4 is 0 Å². The van der Waals surface area contributed by atoms with Gasteiger partial charge in [-0.25, -0.2) is 0 Å². The summed E-state index contributed by atoms with van der Waals surface area (Å²) in [6.45, 7) is 1.31. The van der Waals surface area contributed by atoms with Crippen LogP contribution in [0.1, 0.15) is 18.4 Å². The molecule has 0 aromatic heterocycles. The molecule has 0 saturated carbocycles. The lowest BCUT2D eigenvalue weighted by Gasteiger charge is -2.22. The van der Waals surface area contributed by atoms with Gasteiger partial charge in [-0.05, 0) is 12.0 Å². The monoisotopic (exact) mass is 293 g/mol. The highest BCUT2D eigenvalue weighted by Crippen LogP contribution is 2.05. The minimum Gasteiger partial charge on any atom is -0.469 e. The van der Waals surface area contributed by atoms with E-state index in [1.165, 1.54) is 7.11 Å². The molecule has 0 fully saturated rings. The number of ether oxygens (including phenoxy) is 2. The molecule has 0 aliphatic rings. The van der Waals surface area contributed by atoms with Crippen LogP contribution in [0.2, 0.25) is 0 Å². The number of hydrogen-bond donors (Lipinski definition) is 0. The molecule has 0 heterocycles. The predicted octanol–water partition coefficient (Wildman–Crippen LogP) is 1.66. The third-order valence-electron chi connectivity index (χ3n) is 3.20. The first-order chi connectivity index (χ1) is 10.2. The summed E-state index contributed by atoms with van der Waals surface area (Å²) in [5.74, 6) is -0.284. The van der Waals surface area contributed by atoms with Crippen molar-refractivity contribution < 1.29 is 19.1 Å². The van der Waals surface area contributed by atoms with E-state index in [-0.39, 0.29) is 18.3 Å². The number of carbonyl (C=O) groups excluding carboxylic acids is 2. The predicted molar refractivity (Wildman–Crippen MR) is 79.9 cm³/mol. The van der Waals surface area contributed by atoms with E-state index >= 15 is 0 Å². The van der Waals surface area contributed by atoms with Gasteiger partial charge in [0.1, 0.15) is 0 Å². The summed E-state index contributed by atoms with van der Waals surface area (Å²) in [7, 11) is 2.94. The highest BCUT2D eigenvalue weighted by Gasteiger charge is 2.15. The normalized spacial score (nSPS) is 10.2. The lowest BCUT2D eigenvalue weighted by Crippen LogP contribution is -2.36. The van der Waals surface area contributed by atoms with E-state index in [1.807, 2.05) is 30.3 Å². The van der Waals surface area contributed by atoms with Crippen molar-refractivity contribution in [2.45, 2.75) is 19.3 Å². The van der Waals surface area contributed by atoms with E-state index in [1.54, 1.807) is 12.0 Å². The zero-order chi connectivity index (χ0) is 15.5. The Hall–Kier alpha value is -1.88. The van der Waals surface area contributed by atoms with Gasteiger partial charge >= 0.3 is 5.97 Å². The fourth-order valence-corrected chi connectivity index (χ4v) is 1.95. The Bertz CT molecular complexity index is 433. The molecular formula is C16H23NO4. The van der Waals surface area contributed by atoms with Crippen LogP contribution in [-0.4, -0.2) is 50.7 Å². The van der Waals surface area contributed by atoms with Crippen molar-refractivity contribution in [3.05, 3.63) is 35.9 Å². The zero-order valence-electron chi connectivity index (χ0n) is 12.7. The van der Waals surface area contributed by atoms with E-state index in [9.17, 15) is 9.59 Å². The van der Waals surface area contributed by atoms with E-state index in [2.05, 4.69) is 4.74 Å². The SMILES string of the molecule is COCCN(CCC(=O)OC)C(=O)CCc1ccccc1. The van der Waals surface area contributed by atoms with Gasteiger partial charge in [-0.3, -0.25) is 9.59 Å². The van der Waals surface area contributed by atoms with Crippen molar-refractivity contribution in [1.82, 2.24) is 4.90 Å². The number of methoxy groups -OCH3 is 2. The molecule has 5 nitrogen and oxygen atoms in total. The van der Waals surface area contributed by atoms with Gasteiger partial charge in [-0.1, -0.05) is 30.3 Å². The number of nitrogens with zero attached hydrogens (tertiary/aromatic N) is 1. The number of esters is 1. The molecule has 1 rings (SSSR count). The van der Waals surface area contributed by atoms with E-state index < -0.39 is 0 Å². The first-order valence-corrected chi connectivity index (χ1v) is 7.04. The Kier molecular flexibility index (Phi) is 8.12. The molecule has 0 unspecified atom stereocenters. The molecule has 21 heavy (non-hydrogen) atoms. The fraction of sp³-hybridized carbons (Fsp3) is 0.500. The standard InChI is InChI=1S/C16H23NO4/c1-20-13-12-17(11-10-16(19)21-2)15(18)9-8-14-6-4-3-5-7-14/h3-7H,8-13H2,1-2H3. The van der Waals surface area contributed by atoms with E-state index in [4.69, 9.17) is 4.74 Å². The molecule has 1 aromatic rings. The van der Waals surface area contributed by atoms with E-state index in [0.29, 0.717) is 32.5 Å². The molecule has 0 bridgehead atoms. The zero-order valence-corrected chi connectivity index (χ0v) is 12.7. The second-order valence-electron chi connectivity index (χ2n) is 4.69. The third kappa shape index (κ3) is 6.90. The second kappa shape index (κ2) is 9.94. The van der Waals surface area contributed by atoms with Crippen LogP contribution in [0.4, 0.5) is 0 Å². The molecule has 116 valence electrons. The number of benzene rings is 1. The largest absolute Gasteiger partial charge is 0.469 e.